The van der Waals surface area contributed by atoms with Crippen LogP contribution >= 0.6 is 0 Å². The molecule has 2 unspecified atom stereocenters. The molecule has 2 aliphatic rings. The zero-order valence-corrected chi connectivity index (χ0v) is 19.1. The summed E-state index contributed by atoms with van der Waals surface area (Å²) in [6, 6.07) is 17.9. The highest BCUT2D eigenvalue weighted by atomic mass is 15.4. The fourth-order valence-corrected chi connectivity index (χ4v) is 5.35. The summed E-state index contributed by atoms with van der Waals surface area (Å²) in [6.07, 6.45) is 6.95. The van der Waals surface area contributed by atoms with Gasteiger partial charge in [0.25, 0.3) is 0 Å². The van der Waals surface area contributed by atoms with Crippen molar-refractivity contribution in [1.29, 1.82) is 0 Å². The molecule has 3 atom stereocenters. The molecule has 33 heavy (non-hydrogen) atoms. The molecule has 7 nitrogen and oxygen atoms in total. The van der Waals surface area contributed by atoms with Crippen LogP contribution in [-0.4, -0.2) is 56.0 Å². The molecule has 1 N–H and O–H groups in total. The Labute approximate surface area is 194 Å². The number of piperazine rings is 1. The highest BCUT2D eigenvalue weighted by Crippen LogP contribution is 2.35. The van der Waals surface area contributed by atoms with Gasteiger partial charge in [-0.25, -0.2) is 15.0 Å². The maximum Gasteiger partial charge on any atom is 0.212 e. The molecule has 2 saturated heterocycles. The standard InChI is InChI=1S/C26H29N7/c1-3-31-16-22-14-21(31)17-33(22)26-30-23(15-25-28-11-12-32(25)26)20-9-10-27-24(13-20)29-18(2)19-7-5-4-6-8-19/h4-13,15,18,21-22H,3,14,16-17H2,1-2H3,(H,27,29)/t18-,21?,22?/m0/s1. The third kappa shape index (κ3) is 3.62. The van der Waals surface area contributed by atoms with E-state index in [1.54, 1.807) is 0 Å². The summed E-state index contributed by atoms with van der Waals surface area (Å²) in [5.41, 5.74) is 4.12. The largest absolute Gasteiger partial charge is 0.364 e. The van der Waals surface area contributed by atoms with E-state index in [1.807, 2.05) is 30.7 Å². The monoisotopic (exact) mass is 439 g/mol. The Hall–Kier alpha value is -3.45. The van der Waals surface area contributed by atoms with Crippen LogP contribution in [-0.2, 0) is 0 Å². The topological polar surface area (TPSA) is 61.6 Å². The Morgan fingerprint density at radius 2 is 1.91 bits per heavy atom. The highest BCUT2D eigenvalue weighted by molar-refractivity contribution is 5.68. The summed E-state index contributed by atoms with van der Waals surface area (Å²) >= 11 is 0. The maximum absolute atomic E-state index is 5.15. The van der Waals surface area contributed by atoms with Gasteiger partial charge in [-0.1, -0.05) is 37.3 Å². The highest BCUT2D eigenvalue weighted by Gasteiger charge is 2.43. The molecule has 7 heteroatoms. The van der Waals surface area contributed by atoms with E-state index in [0.29, 0.717) is 12.1 Å². The number of imidazole rings is 1. The van der Waals surface area contributed by atoms with Gasteiger partial charge >= 0.3 is 0 Å². The summed E-state index contributed by atoms with van der Waals surface area (Å²) in [6.45, 7) is 7.67. The lowest BCUT2D eigenvalue weighted by atomic mass is 10.1. The van der Waals surface area contributed by atoms with Gasteiger partial charge in [0.05, 0.1) is 5.69 Å². The molecular formula is C26H29N7. The van der Waals surface area contributed by atoms with E-state index in [1.165, 1.54) is 12.0 Å². The fraction of sp³-hybridized carbons (Fsp3) is 0.346. The number of hydrogen-bond acceptors (Lipinski definition) is 6. The van der Waals surface area contributed by atoms with E-state index in [4.69, 9.17) is 4.98 Å². The molecule has 6 rings (SSSR count). The second kappa shape index (κ2) is 8.15. The van der Waals surface area contributed by atoms with Gasteiger partial charge in [-0.3, -0.25) is 9.30 Å². The van der Waals surface area contributed by atoms with Crippen molar-refractivity contribution in [2.75, 3.05) is 29.9 Å². The molecule has 0 amide bonds. The van der Waals surface area contributed by atoms with Gasteiger partial charge in [0.2, 0.25) is 5.95 Å². The van der Waals surface area contributed by atoms with Crippen molar-refractivity contribution in [1.82, 2.24) is 24.3 Å². The molecule has 1 aromatic carbocycles. The third-order valence-electron chi connectivity index (χ3n) is 7.11. The number of nitrogens with one attached hydrogen (secondary N) is 1. The van der Waals surface area contributed by atoms with Crippen LogP contribution in [0.2, 0.25) is 0 Å². The molecular weight excluding hydrogens is 410 g/mol. The van der Waals surface area contributed by atoms with Crippen molar-refractivity contribution in [2.24, 2.45) is 0 Å². The summed E-state index contributed by atoms with van der Waals surface area (Å²) in [4.78, 5) is 19.4. The number of hydrogen-bond donors (Lipinski definition) is 1. The van der Waals surface area contributed by atoms with E-state index in [-0.39, 0.29) is 6.04 Å². The van der Waals surface area contributed by atoms with Crippen molar-refractivity contribution in [2.45, 2.75) is 38.4 Å². The van der Waals surface area contributed by atoms with Crippen LogP contribution in [0.3, 0.4) is 0 Å². The number of anilines is 2. The van der Waals surface area contributed by atoms with Crippen molar-refractivity contribution in [3.05, 3.63) is 72.7 Å². The summed E-state index contributed by atoms with van der Waals surface area (Å²) < 4.78 is 2.12. The van der Waals surface area contributed by atoms with E-state index < -0.39 is 0 Å². The van der Waals surface area contributed by atoms with E-state index >= 15 is 0 Å². The zero-order chi connectivity index (χ0) is 22.4. The van der Waals surface area contributed by atoms with Crippen LogP contribution in [0.4, 0.5) is 11.8 Å². The lowest BCUT2D eigenvalue weighted by Crippen LogP contribution is -2.47. The average Bonchev–Trinajstić information content (AvgIpc) is 3.59. The van der Waals surface area contributed by atoms with Gasteiger partial charge in [0.15, 0.2) is 0 Å². The minimum Gasteiger partial charge on any atom is -0.364 e. The number of nitrogens with zero attached hydrogens (tertiary/aromatic N) is 6. The van der Waals surface area contributed by atoms with Gasteiger partial charge in [0, 0.05) is 61.4 Å². The number of likely N-dealkylation sites (N-methyl/N-ethyl adjacent to an activating group) is 1. The molecule has 2 fully saturated rings. The van der Waals surface area contributed by atoms with Crippen LogP contribution < -0.4 is 10.2 Å². The Bertz CT molecular complexity index is 1270. The Balaban J connectivity index is 1.32. The van der Waals surface area contributed by atoms with Crippen LogP contribution in [0.1, 0.15) is 31.9 Å². The van der Waals surface area contributed by atoms with Crippen LogP contribution in [0, 0.1) is 0 Å². The van der Waals surface area contributed by atoms with Crippen molar-refractivity contribution in [3.8, 4) is 11.3 Å². The minimum absolute atomic E-state index is 0.161. The second-order valence-electron chi connectivity index (χ2n) is 9.09. The molecule has 0 saturated carbocycles. The Morgan fingerprint density at radius 3 is 2.70 bits per heavy atom. The molecule has 0 radical (unpaired) electrons. The Kier molecular flexibility index (Phi) is 4.99. The number of pyridine rings is 1. The molecule has 2 aliphatic heterocycles. The lowest BCUT2D eigenvalue weighted by Gasteiger charge is -2.34. The molecule has 5 heterocycles. The quantitative estimate of drug-likeness (QED) is 0.485. The normalized spacial score (nSPS) is 21.1. The van der Waals surface area contributed by atoms with E-state index in [9.17, 15) is 0 Å². The van der Waals surface area contributed by atoms with Crippen molar-refractivity contribution in [3.63, 3.8) is 0 Å². The van der Waals surface area contributed by atoms with E-state index in [2.05, 4.69) is 79.7 Å². The smallest absolute Gasteiger partial charge is 0.212 e. The van der Waals surface area contributed by atoms with Gasteiger partial charge in [-0.15, -0.1) is 0 Å². The SMILES string of the molecule is CCN1CC2CC1CN2c1nc(-c2ccnc(N[C@@H](C)c3ccccc3)c2)cc2nccn12. The van der Waals surface area contributed by atoms with Crippen LogP contribution in [0.5, 0.6) is 0 Å². The average molecular weight is 440 g/mol. The first kappa shape index (κ1) is 20.2. The summed E-state index contributed by atoms with van der Waals surface area (Å²) in [5, 5.41) is 3.53. The van der Waals surface area contributed by atoms with Gasteiger partial charge in [-0.2, -0.15) is 0 Å². The summed E-state index contributed by atoms with van der Waals surface area (Å²) in [7, 11) is 0. The molecule has 168 valence electrons. The lowest BCUT2D eigenvalue weighted by molar-refractivity contribution is 0.250. The first-order valence-corrected chi connectivity index (χ1v) is 11.8. The van der Waals surface area contributed by atoms with Crippen LogP contribution in [0.15, 0.2) is 67.1 Å². The number of fused-ring (bicyclic) bond motifs is 3. The van der Waals surface area contributed by atoms with Crippen molar-refractivity contribution < 1.29 is 0 Å². The number of likely N-dealkylation sites (tertiary alicyclic amines) is 1. The predicted octanol–water partition coefficient (Wildman–Crippen LogP) is 4.25. The van der Waals surface area contributed by atoms with E-state index in [0.717, 1.165) is 48.3 Å². The van der Waals surface area contributed by atoms with Gasteiger partial charge in [-0.05, 0) is 37.6 Å². The first-order chi connectivity index (χ1) is 16.2. The maximum atomic E-state index is 5.15. The second-order valence-corrected chi connectivity index (χ2v) is 9.09. The third-order valence-corrected chi connectivity index (χ3v) is 7.11. The van der Waals surface area contributed by atoms with Gasteiger partial charge in [0.1, 0.15) is 11.5 Å². The molecule has 0 aliphatic carbocycles. The van der Waals surface area contributed by atoms with Crippen LogP contribution in [0.25, 0.3) is 16.9 Å². The number of benzene rings is 1. The summed E-state index contributed by atoms with van der Waals surface area (Å²) in [5.74, 6) is 1.83. The molecule has 4 aromatic rings. The predicted molar refractivity (Wildman–Crippen MR) is 131 cm³/mol. The number of rotatable bonds is 6. The fourth-order valence-electron chi connectivity index (χ4n) is 5.35. The molecule has 0 spiro atoms. The minimum atomic E-state index is 0.161. The molecule has 2 bridgehead atoms. The molecule has 3 aromatic heterocycles. The van der Waals surface area contributed by atoms with Crippen molar-refractivity contribution >= 4 is 17.4 Å². The first-order valence-electron chi connectivity index (χ1n) is 11.8. The zero-order valence-electron chi connectivity index (χ0n) is 19.1. The Morgan fingerprint density at radius 1 is 1.03 bits per heavy atom. The number of aromatic nitrogens is 4. The van der Waals surface area contributed by atoms with Gasteiger partial charge < -0.3 is 10.2 Å².